The van der Waals surface area contributed by atoms with Gasteiger partial charge >= 0.3 is 6.01 Å². The quantitative estimate of drug-likeness (QED) is 0.372. The molecule has 1 saturated heterocycles. The Morgan fingerprint density at radius 1 is 0.919 bits per heavy atom. The fraction of sp³-hybridized carbons (Fsp3) is 0.357. The van der Waals surface area contributed by atoms with E-state index in [1.807, 2.05) is 42.6 Å². The summed E-state index contributed by atoms with van der Waals surface area (Å²) in [4.78, 5) is 18.6. The van der Waals surface area contributed by atoms with Crippen molar-refractivity contribution in [3.63, 3.8) is 0 Å². The second-order valence-corrected chi connectivity index (χ2v) is 9.22. The lowest BCUT2D eigenvalue weighted by molar-refractivity contribution is 0.147. The summed E-state index contributed by atoms with van der Waals surface area (Å²) in [6.45, 7) is 3.01. The van der Waals surface area contributed by atoms with Gasteiger partial charge in [-0.25, -0.2) is 9.97 Å². The predicted molar refractivity (Wildman–Crippen MR) is 143 cm³/mol. The van der Waals surface area contributed by atoms with Crippen molar-refractivity contribution in [1.29, 1.82) is 0 Å². The minimum atomic E-state index is 0.105. The number of benzene rings is 2. The third kappa shape index (κ3) is 5.56. The molecule has 0 saturated carbocycles. The lowest BCUT2D eigenvalue weighted by Crippen LogP contribution is -2.34. The van der Waals surface area contributed by atoms with Crippen LogP contribution < -0.4 is 24.8 Å². The number of nitrogens with one attached hydrogen (secondary N) is 2. The van der Waals surface area contributed by atoms with Crippen LogP contribution in [0.5, 0.6) is 17.6 Å². The predicted octanol–water partition coefficient (Wildman–Crippen LogP) is 4.95. The zero-order valence-electron chi connectivity index (χ0n) is 20.7. The highest BCUT2D eigenvalue weighted by atomic mass is 16.5. The molecule has 0 amide bonds. The maximum absolute atomic E-state index is 6.15. The molecule has 0 atom stereocenters. The molecule has 4 bridgehead atoms. The summed E-state index contributed by atoms with van der Waals surface area (Å²) >= 11 is 0. The van der Waals surface area contributed by atoms with E-state index >= 15 is 0 Å². The van der Waals surface area contributed by atoms with Crippen molar-refractivity contribution in [3.05, 3.63) is 54.7 Å². The number of hydrogen-bond acceptors (Lipinski definition) is 9. The molecular formula is C28H30N6O3. The number of piperidine rings is 1. The van der Waals surface area contributed by atoms with Gasteiger partial charge in [0.15, 0.2) is 0 Å². The summed E-state index contributed by atoms with van der Waals surface area (Å²) in [5.41, 5.74) is 2.36. The Morgan fingerprint density at radius 3 is 2.78 bits per heavy atom. The van der Waals surface area contributed by atoms with Crippen molar-refractivity contribution in [2.24, 2.45) is 0 Å². The molecule has 37 heavy (non-hydrogen) atoms. The van der Waals surface area contributed by atoms with E-state index in [2.05, 4.69) is 37.7 Å². The van der Waals surface area contributed by atoms with Gasteiger partial charge in [-0.05, 0) is 69.5 Å². The minimum absolute atomic E-state index is 0.105. The first-order valence-corrected chi connectivity index (χ1v) is 12.9. The van der Waals surface area contributed by atoms with Crippen LogP contribution in [0.25, 0.3) is 21.8 Å². The SMILES string of the molecule is C1=CCCOc2nc(OC3CCNCC3)nc3ccc(cc23)Nc2ncc3cccc(c3n2)OCCC1. The average molecular weight is 499 g/mol. The third-order valence-electron chi connectivity index (χ3n) is 6.49. The summed E-state index contributed by atoms with van der Waals surface area (Å²) in [5.74, 6) is 1.76. The van der Waals surface area contributed by atoms with Crippen LogP contribution in [0.2, 0.25) is 0 Å². The molecule has 0 radical (unpaired) electrons. The fourth-order valence-electron chi connectivity index (χ4n) is 4.56. The van der Waals surface area contributed by atoms with Gasteiger partial charge in [0.2, 0.25) is 11.8 Å². The van der Waals surface area contributed by atoms with Crippen LogP contribution in [0.4, 0.5) is 11.6 Å². The third-order valence-corrected chi connectivity index (χ3v) is 6.49. The first kappa shape index (κ1) is 23.4. The molecule has 190 valence electrons. The smallest absolute Gasteiger partial charge is 0.320 e. The first-order chi connectivity index (χ1) is 18.3. The highest BCUT2D eigenvalue weighted by Crippen LogP contribution is 2.30. The van der Waals surface area contributed by atoms with Gasteiger partial charge in [0.05, 0.1) is 24.1 Å². The number of anilines is 2. The molecule has 4 heterocycles. The van der Waals surface area contributed by atoms with E-state index in [9.17, 15) is 0 Å². The van der Waals surface area contributed by atoms with Gasteiger partial charge in [0, 0.05) is 17.3 Å². The zero-order chi connectivity index (χ0) is 24.9. The average Bonchev–Trinajstić information content (AvgIpc) is 2.92. The standard InChI is InChI=1S/C28H30N6O3/c1-2-4-15-35-24-8-6-7-19-18-30-27(33-25(19)24)31-20-9-10-23-22(17-20)26(36-16-5-3-1)34-28(32-23)37-21-11-13-29-14-12-21/h1,3,6-10,17-18,21,29H,2,4-5,11-16H2,(H,30,31,33). The Balaban J connectivity index is 1.36. The summed E-state index contributed by atoms with van der Waals surface area (Å²) < 4.78 is 18.3. The van der Waals surface area contributed by atoms with Crippen molar-refractivity contribution in [3.8, 4) is 17.6 Å². The topological polar surface area (TPSA) is 103 Å². The molecule has 2 aliphatic rings. The van der Waals surface area contributed by atoms with Crippen LogP contribution in [0.1, 0.15) is 32.1 Å². The van der Waals surface area contributed by atoms with Crippen LogP contribution in [0, 0.1) is 0 Å². The van der Waals surface area contributed by atoms with Gasteiger partial charge in [-0.2, -0.15) is 9.97 Å². The summed E-state index contributed by atoms with van der Waals surface area (Å²) in [5, 5.41) is 8.41. The van der Waals surface area contributed by atoms with Crippen molar-refractivity contribution in [1.82, 2.24) is 25.3 Å². The molecule has 6 rings (SSSR count). The molecule has 9 heteroatoms. The normalized spacial score (nSPS) is 17.1. The van der Waals surface area contributed by atoms with E-state index in [1.165, 1.54) is 0 Å². The van der Waals surface area contributed by atoms with Crippen LogP contribution in [-0.4, -0.2) is 52.3 Å². The molecule has 0 unspecified atom stereocenters. The highest BCUT2D eigenvalue weighted by molar-refractivity contribution is 5.88. The molecule has 2 aromatic heterocycles. The number of ether oxygens (including phenoxy) is 3. The van der Waals surface area contributed by atoms with Gasteiger partial charge in [-0.3, -0.25) is 0 Å². The highest BCUT2D eigenvalue weighted by Gasteiger charge is 2.18. The van der Waals surface area contributed by atoms with E-state index in [0.717, 1.165) is 78.4 Å². The van der Waals surface area contributed by atoms with Crippen LogP contribution in [0.3, 0.4) is 0 Å². The Hall–Kier alpha value is -3.98. The van der Waals surface area contributed by atoms with E-state index in [4.69, 9.17) is 19.2 Å². The number of allylic oxidation sites excluding steroid dienone is 1. The van der Waals surface area contributed by atoms with Crippen molar-refractivity contribution >= 4 is 33.4 Å². The Bertz CT molecular complexity index is 1420. The molecule has 1 fully saturated rings. The van der Waals surface area contributed by atoms with E-state index in [1.54, 1.807) is 0 Å². The molecule has 0 spiro atoms. The van der Waals surface area contributed by atoms with E-state index < -0.39 is 0 Å². The number of fused-ring (bicyclic) bond motifs is 2. The lowest BCUT2D eigenvalue weighted by atomic mass is 10.1. The number of hydrogen-bond donors (Lipinski definition) is 2. The summed E-state index contributed by atoms with van der Waals surface area (Å²) in [6, 6.07) is 12.1. The van der Waals surface area contributed by atoms with E-state index in [0.29, 0.717) is 31.1 Å². The molecule has 2 aliphatic heterocycles. The van der Waals surface area contributed by atoms with Gasteiger partial charge < -0.3 is 24.8 Å². The molecular weight excluding hydrogens is 468 g/mol. The lowest BCUT2D eigenvalue weighted by Gasteiger charge is -2.23. The first-order valence-electron chi connectivity index (χ1n) is 12.9. The van der Waals surface area contributed by atoms with Crippen LogP contribution in [0.15, 0.2) is 54.7 Å². The van der Waals surface area contributed by atoms with Gasteiger partial charge in [-0.15, -0.1) is 0 Å². The van der Waals surface area contributed by atoms with Crippen molar-refractivity contribution in [2.45, 2.75) is 38.2 Å². The van der Waals surface area contributed by atoms with Crippen LogP contribution in [-0.2, 0) is 0 Å². The summed E-state index contributed by atoms with van der Waals surface area (Å²) in [7, 11) is 0. The monoisotopic (exact) mass is 498 g/mol. The molecule has 0 aliphatic carbocycles. The Kier molecular flexibility index (Phi) is 6.94. The molecule has 9 nitrogen and oxygen atoms in total. The zero-order valence-corrected chi connectivity index (χ0v) is 20.7. The van der Waals surface area contributed by atoms with Gasteiger partial charge in [0.1, 0.15) is 17.4 Å². The van der Waals surface area contributed by atoms with Crippen LogP contribution >= 0.6 is 0 Å². The number of rotatable bonds is 2. The van der Waals surface area contributed by atoms with Gasteiger partial charge in [-0.1, -0.05) is 24.3 Å². The second kappa shape index (κ2) is 11.0. The minimum Gasteiger partial charge on any atom is -0.491 e. The Morgan fingerprint density at radius 2 is 1.84 bits per heavy atom. The molecule has 4 aromatic rings. The van der Waals surface area contributed by atoms with Crippen molar-refractivity contribution in [2.75, 3.05) is 31.6 Å². The van der Waals surface area contributed by atoms with Gasteiger partial charge in [0.25, 0.3) is 0 Å². The number of aromatic nitrogens is 4. The number of para-hydroxylation sites is 1. The maximum Gasteiger partial charge on any atom is 0.320 e. The molecule has 2 N–H and O–H groups in total. The largest absolute Gasteiger partial charge is 0.491 e. The fourth-order valence-corrected chi connectivity index (χ4v) is 4.56. The second-order valence-electron chi connectivity index (χ2n) is 9.22. The number of nitrogens with zero attached hydrogens (tertiary/aromatic N) is 4. The summed E-state index contributed by atoms with van der Waals surface area (Å²) in [6.07, 6.45) is 10.7. The Labute approximate surface area is 215 Å². The molecule has 2 aromatic carbocycles. The van der Waals surface area contributed by atoms with E-state index in [-0.39, 0.29) is 6.10 Å². The van der Waals surface area contributed by atoms with Crippen molar-refractivity contribution < 1.29 is 14.2 Å². The maximum atomic E-state index is 6.15.